The Morgan fingerprint density at radius 2 is 1.68 bits per heavy atom. The number of carbonyl (C=O) groups is 2. The predicted molar refractivity (Wildman–Crippen MR) is 172 cm³/mol. The van der Waals surface area contributed by atoms with Gasteiger partial charge >= 0.3 is 0 Å². The summed E-state index contributed by atoms with van der Waals surface area (Å²) in [6.07, 6.45) is 1.65. The van der Waals surface area contributed by atoms with Crippen LogP contribution in [-0.4, -0.2) is 56.0 Å². The zero-order chi connectivity index (χ0) is 30.5. The van der Waals surface area contributed by atoms with E-state index in [-0.39, 0.29) is 29.9 Å². The summed E-state index contributed by atoms with van der Waals surface area (Å²) in [6.45, 7) is 5.16. The topological polar surface area (TPSA) is 65.1 Å². The van der Waals surface area contributed by atoms with E-state index >= 15 is 0 Å². The molecule has 0 atom stereocenters. The number of hydrogen-bond donors (Lipinski definition) is 1. The highest BCUT2D eigenvalue weighted by molar-refractivity contribution is 6.30. The third kappa shape index (κ3) is 6.93. The molecule has 0 aromatic heterocycles. The molecule has 0 aliphatic carbocycles. The van der Waals surface area contributed by atoms with Gasteiger partial charge < -0.3 is 15.0 Å². The summed E-state index contributed by atoms with van der Waals surface area (Å²) in [6, 6.07) is 28.4. The molecule has 2 aliphatic heterocycles. The molecule has 1 fully saturated rings. The van der Waals surface area contributed by atoms with Gasteiger partial charge in [-0.25, -0.2) is 4.39 Å². The van der Waals surface area contributed by atoms with Gasteiger partial charge in [-0.2, -0.15) is 0 Å². The van der Waals surface area contributed by atoms with Crippen LogP contribution in [0.4, 0.5) is 15.8 Å². The first kappa shape index (κ1) is 29.4. The predicted octanol–water partition coefficient (Wildman–Crippen LogP) is 6.00. The molecule has 0 saturated carbocycles. The van der Waals surface area contributed by atoms with Gasteiger partial charge in [0.15, 0.2) is 11.5 Å². The van der Waals surface area contributed by atoms with Crippen LogP contribution in [0.25, 0.3) is 6.08 Å². The molecule has 2 aliphatic rings. The van der Waals surface area contributed by atoms with E-state index in [1.54, 1.807) is 59.5 Å². The summed E-state index contributed by atoms with van der Waals surface area (Å²) < 4.78 is 19.8. The molecule has 4 aromatic rings. The second-order valence-corrected chi connectivity index (χ2v) is 11.2. The van der Waals surface area contributed by atoms with Crippen LogP contribution in [0.3, 0.4) is 0 Å². The number of carbonyl (C=O) groups excluding carboxylic acids is 2. The Morgan fingerprint density at radius 3 is 2.45 bits per heavy atom. The zero-order valence-electron chi connectivity index (χ0n) is 24.1. The highest BCUT2D eigenvalue weighted by Gasteiger charge is 2.30. The lowest BCUT2D eigenvalue weighted by atomic mass is 10.1. The van der Waals surface area contributed by atoms with Crippen LogP contribution < -0.4 is 19.9 Å². The maximum Gasteiger partial charge on any atom is 0.294 e. The van der Waals surface area contributed by atoms with Crippen molar-refractivity contribution < 1.29 is 18.7 Å². The van der Waals surface area contributed by atoms with Crippen molar-refractivity contribution >= 4 is 40.9 Å². The van der Waals surface area contributed by atoms with Crippen molar-refractivity contribution in [2.45, 2.75) is 6.54 Å². The SMILES string of the molecule is O=C(NCCN1CCN(c2cccc(Cl)c2)CC1)c1ccc(/C=C2\Oc3ccccc3N(Cc3cccc(F)c3)C2=O)cc1. The van der Waals surface area contributed by atoms with Gasteiger partial charge in [-0.05, 0) is 71.8 Å². The Balaban J connectivity index is 1.04. The number of hydrogen-bond acceptors (Lipinski definition) is 5. The number of ether oxygens (including phenoxy) is 1. The van der Waals surface area contributed by atoms with Crippen molar-refractivity contribution in [3.8, 4) is 5.75 Å². The summed E-state index contributed by atoms with van der Waals surface area (Å²) in [7, 11) is 0. The van der Waals surface area contributed by atoms with Gasteiger partial charge in [-0.3, -0.25) is 19.4 Å². The Labute approximate surface area is 261 Å². The second kappa shape index (κ2) is 13.3. The van der Waals surface area contributed by atoms with E-state index in [9.17, 15) is 14.0 Å². The molecule has 44 heavy (non-hydrogen) atoms. The minimum Gasteiger partial charge on any atom is -0.449 e. The molecular formula is C35H32ClFN4O3. The van der Waals surface area contributed by atoms with Crippen molar-refractivity contribution in [3.05, 3.63) is 130 Å². The monoisotopic (exact) mass is 610 g/mol. The average molecular weight is 611 g/mol. The maximum absolute atomic E-state index is 13.8. The maximum atomic E-state index is 13.8. The smallest absolute Gasteiger partial charge is 0.294 e. The van der Waals surface area contributed by atoms with E-state index in [4.69, 9.17) is 16.3 Å². The molecule has 7 nitrogen and oxygen atoms in total. The number of nitrogens with zero attached hydrogens (tertiary/aromatic N) is 3. The summed E-state index contributed by atoms with van der Waals surface area (Å²) in [5.74, 6) is -0.154. The first-order chi connectivity index (χ1) is 21.4. The molecule has 0 radical (unpaired) electrons. The van der Waals surface area contributed by atoms with E-state index in [1.807, 2.05) is 30.3 Å². The molecule has 0 bridgehead atoms. The molecule has 0 unspecified atom stereocenters. The van der Waals surface area contributed by atoms with Crippen LogP contribution >= 0.6 is 11.6 Å². The van der Waals surface area contributed by atoms with Crippen LogP contribution in [0.15, 0.2) is 103 Å². The van der Waals surface area contributed by atoms with Gasteiger partial charge in [0, 0.05) is 55.5 Å². The Morgan fingerprint density at radius 1 is 0.909 bits per heavy atom. The molecule has 224 valence electrons. The molecule has 2 amide bonds. The van der Waals surface area contributed by atoms with Gasteiger partial charge in [0.05, 0.1) is 12.2 Å². The van der Waals surface area contributed by atoms with Gasteiger partial charge in [-0.1, -0.05) is 54.1 Å². The van der Waals surface area contributed by atoms with Crippen molar-refractivity contribution in [1.82, 2.24) is 10.2 Å². The van der Waals surface area contributed by atoms with Crippen LogP contribution in [0.5, 0.6) is 5.75 Å². The second-order valence-electron chi connectivity index (χ2n) is 10.8. The van der Waals surface area contributed by atoms with Crippen LogP contribution in [-0.2, 0) is 11.3 Å². The lowest BCUT2D eigenvalue weighted by Gasteiger charge is -2.36. The van der Waals surface area contributed by atoms with E-state index in [0.29, 0.717) is 34.7 Å². The highest BCUT2D eigenvalue weighted by atomic mass is 35.5. The number of piperazine rings is 1. The lowest BCUT2D eigenvalue weighted by Crippen LogP contribution is -2.48. The number of nitrogens with one attached hydrogen (secondary N) is 1. The first-order valence-corrected chi connectivity index (χ1v) is 15.0. The zero-order valence-corrected chi connectivity index (χ0v) is 24.8. The molecule has 6 rings (SSSR count). The van der Waals surface area contributed by atoms with Gasteiger partial charge in [0.1, 0.15) is 5.82 Å². The third-order valence-corrected chi connectivity index (χ3v) is 8.03. The summed E-state index contributed by atoms with van der Waals surface area (Å²) >= 11 is 6.14. The minimum absolute atomic E-state index is 0.146. The lowest BCUT2D eigenvalue weighted by molar-refractivity contribution is -0.117. The number of fused-ring (bicyclic) bond motifs is 1. The largest absolute Gasteiger partial charge is 0.449 e. The van der Waals surface area contributed by atoms with Crippen molar-refractivity contribution in [1.29, 1.82) is 0 Å². The molecule has 1 saturated heterocycles. The fourth-order valence-electron chi connectivity index (χ4n) is 5.45. The number of rotatable bonds is 8. The van der Waals surface area contributed by atoms with Crippen LogP contribution in [0.1, 0.15) is 21.5 Å². The van der Waals surface area contributed by atoms with Gasteiger partial charge in [0.25, 0.3) is 11.8 Å². The highest BCUT2D eigenvalue weighted by Crippen LogP contribution is 2.36. The molecule has 0 spiro atoms. The average Bonchev–Trinajstić information content (AvgIpc) is 3.04. The fraction of sp³-hybridized carbons (Fsp3) is 0.200. The van der Waals surface area contributed by atoms with E-state index < -0.39 is 0 Å². The number of amides is 2. The molecule has 4 aromatic carbocycles. The first-order valence-electron chi connectivity index (χ1n) is 14.6. The Bertz CT molecular complexity index is 1690. The van der Waals surface area contributed by atoms with Crippen molar-refractivity contribution in [2.75, 3.05) is 49.1 Å². The van der Waals surface area contributed by atoms with Crippen molar-refractivity contribution in [2.24, 2.45) is 0 Å². The van der Waals surface area contributed by atoms with Crippen molar-refractivity contribution in [3.63, 3.8) is 0 Å². The summed E-state index contributed by atoms with van der Waals surface area (Å²) in [4.78, 5) is 32.5. The summed E-state index contributed by atoms with van der Waals surface area (Å²) in [5, 5.41) is 3.75. The molecule has 1 N–H and O–H groups in total. The number of benzene rings is 4. The van der Waals surface area contributed by atoms with Crippen LogP contribution in [0, 0.1) is 5.82 Å². The van der Waals surface area contributed by atoms with Gasteiger partial charge in [0.2, 0.25) is 0 Å². The molecular weight excluding hydrogens is 579 g/mol. The van der Waals surface area contributed by atoms with Gasteiger partial charge in [-0.15, -0.1) is 0 Å². The quantitative estimate of drug-likeness (QED) is 0.248. The van der Waals surface area contributed by atoms with E-state index in [0.717, 1.165) is 43.4 Å². The molecule has 9 heteroatoms. The van der Waals surface area contributed by atoms with E-state index in [1.165, 1.54) is 12.1 Å². The summed E-state index contributed by atoms with van der Waals surface area (Å²) in [5.41, 5.74) is 3.67. The number of anilines is 2. The van der Waals surface area contributed by atoms with E-state index in [2.05, 4.69) is 21.2 Å². The minimum atomic E-state index is -0.357. The third-order valence-electron chi connectivity index (χ3n) is 7.79. The Kier molecular flexibility index (Phi) is 8.91. The van der Waals surface area contributed by atoms with Crippen LogP contribution in [0.2, 0.25) is 5.02 Å². The normalized spacial score (nSPS) is 16.0. The number of para-hydroxylation sites is 2. The number of halogens is 2. The Hall–Kier alpha value is -4.66. The molecule has 2 heterocycles. The standard InChI is InChI=1S/C35H32ClFN4O3/c36-28-6-4-8-30(23-28)40-19-17-39(18-20-40)16-15-38-34(42)27-13-11-25(12-14-27)22-33-35(43)41(24-26-5-3-7-29(37)21-26)31-9-1-2-10-32(31)44-33/h1-14,21-23H,15-20,24H2,(H,38,42)/b33-22-. The fourth-order valence-corrected chi connectivity index (χ4v) is 5.64.